The molecule has 2 N–H and O–H groups in total. The summed E-state index contributed by atoms with van der Waals surface area (Å²) in [4.78, 5) is 12.2. The monoisotopic (exact) mass is 223 g/mol. The molecule has 0 aliphatic carbocycles. The highest BCUT2D eigenvalue weighted by atomic mass is 19.3. The highest BCUT2D eigenvalue weighted by Crippen LogP contribution is 2.37. The van der Waals surface area contributed by atoms with Gasteiger partial charge in [-0.15, -0.1) is 0 Å². The molecule has 1 rings (SSSR count). The summed E-state index contributed by atoms with van der Waals surface area (Å²) in [5, 5.41) is 18.0. The van der Waals surface area contributed by atoms with Crippen LogP contribution >= 0.6 is 0 Å². The standard InChI is InChI=1S/C9H15F2NO3/c1-2-12-5-3-8(15,4-6-12)9(10,11)7(13)14/h15H,2-6H2,1H3,(H,13,14). The largest absolute Gasteiger partial charge is 0.477 e. The van der Waals surface area contributed by atoms with E-state index < -0.39 is 17.5 Å². The predicted molar refractivity (Wildman–Crippen MR) is 48.9 cm³/mol. The number of aliphatic carboxylic acids is 1. The molecule has 0 aromatic heterocycles. The molecule has 0 aromatic carbocycles. The van der Waals surface area contributed by atoms with Gasteiger partial charge in [-0.2, -0.15) is 8.78 Å². The second-order valence-electron chi connectivity index (χ2n) is 3.85. The minimum absolute atomic E-state index is 0.208. The summed E-state index contributed by atoms with van der Waals surface area (Å²) >= 11 is 0. The van der Waals surface area contributed by atoms with Crippen LogP contribution in [0, 0.1) is 0 Å². The molecule has 0 aromatic rings. The molecule has 1 aliphatic heterocycles. The molecule has 0 radical (unpaired) electrons. The van der Waals surface area contributed by atoms with Crippen molar-refractivity contribution in [3.63, 3.8) is 0 Å². The summed E-state index contributed by atoms with van der Waals surface area (Å²) in [7, 11) is 0. The number of carboxylic acids is 1. The Morgan fingerprint density at radius 1 is 1.47 bits per heavy atom. The molecule has 1 aliphatic rings. The molecule has 0 atom stereocenters. The second-order valence-corrected chi connectivity index (χ2v) is 3.85. The molecule has 88 valence electrons. The van der Waals surface area contributed by atoms with Crippen molar-refractivity contribution in [1.29, 1.82) is 0 Å². The Kier molecular flexibility index (Phi) is 3.30. The summed E-state index contributed by atoms with van der Waals surface area (Å²) in [6.07, 6.45) is -0.416. The fourth-order valence-electron chi connectivity index (χ4n) is 1.75. The first kappa shape index (κ1) is 12.3. The molecular weight excluding hydrogens is 208 g/mol. The molecule has 4 nitrogen and oxygen atoms in total. The maximum atomic E-state index is 13.2. The summed E-state index contributed by atoms with van der Waals surface area (Å²) in [5.41, 5.74) is -2.40. The van der Waals surface area contributed by atoms with Gasteiger partial charge < -0.3 is 15.1 Å². The van der Waals surface area contributed by atoms with E-state index in [4.69, 9.17) is 5.11 Å². The molecule has 1 heterocycles. The maximum Gasteiger partial charge on any atom is 0.377 e. The van der Waals surface area contributed by atoms with Gasteiger partial charge in [0, 0.05) is 13.1 Å². The minimum Gasteiger partial charge on any atom is -0.477 e. The van der Waals surface area contributed by atoms with E-state index in [0.717, 1.165) is 0 Å². The fourth-order valence-corrected chi connectivity index (χ4v) is 1.75. The number of hydrogen-bond donors (Lipinski definition) is 2. The van der Waals surface area contributed by atoms with Crippen LogP contribution in [0.5, 0.6) is 0 Å². The number of carbonyl (C=O) groups is 1. The zero-order valence-electron chi connectivity index (χ0n) is 8.54. The SMILES string of the molecule is CCN1CCC(O)(C(F)(F)C(=O)O)CC1. The third-order valence-corrected chi connectivity index (χ3v) is 2.98. The van der Waals surface area contributed by atoms with E-state index in [9.17, 15) is 18.7 Å². The Bertz CT molecular complexity index is 250. The van der Waals surface area contributed by atoms with Crippen LogP contribution < -0.4 is 0 Å². The molecule has 15 heavy (non-hydrogen) atoms. The van der Waals surface area contributed by atoms with Crippen LogP contribution in [-0.4, -0.2) is 52.2 Å². The average Bonchev–Trinajstić information content (AvgIpc) is 2.18. The van der Waals surface area contributed by atoms with Gasteiger partial charge in [-0.1, -0.05) is 6.92 Å². The van der Waals surface area contributed by atoms with Crippen molar-refractivity contribution in [3.05, 3.63) is 0 Å². The fraction of sp³-hybridized carbons (Fsp3) is 0.889. The van der Waals surface area contributed by atoms with Gasteiger partial charge in [-0.05, 0) is 19.4 Å². The number of rotatable bonds is 3. The van der Waals surface area contributed by atoms with E-state index in [1.807, 2.05) is 11.8 Å². The third kappa shape index (κ3) is 2.10. The van der Waals surface area contributed by atoms with Crippen molar-refractivity contribution in [1.82, 2.24) is 4.90 Å². The summed E-state index contributed by atoms with van der Waals surface area (Å²) in [6, 6.07) is 0. The number of nitrogens with zero attached hydrogens (tertiary/aromatic N) is 1. The highest BCUT2D eigenvalue weighted by molar-refractivity contribution is 5.77. The topological polar surface area (TPSA) is 60.8 Å². The summed E-state index contributed by atoms with van der Waals surface area (Å²) in [5.74, 6) is -6.32. The minimum atomic E-state index is -4.06. The Morgan fingerprint density at radius 2 is 1.93 bits per heavy atom. The normalized spacial score (nSPS) is 22.7. The van der Waals surface area contributed by atoms with Crippen LogP contribution in [0.15, 0.2) is 0 Å². The van der Waals surface area contributed by atoms with E-state index in [1.54, 1.807) is 0 Å². The van der Waals surface area contributed by atoms with Crippen LogP contribution in [0.3, 0.4) is 0 Å². The lowest BCUT2D eigenvalue weighted by molar-refractivity contribution is -0.218. The Morgan fingerprint density at radius 3 is 2.27 bits per heavy atom. The second kappa shape index (κ2) is 4.02. The van der Waals surface area contributed by atoms with Crippen molar-refractivity contribution in [2.45, 2.75) is 31.3 Å². The molecule has 1 saturated heterocycles. The van der Waals surface area contributed by atoms with Gasteiger partial charge in [0.05, 0.1) is 0 Å². The predicted octanol–water partition coefficient (Wildman–Crippen LogP) is 0.553. The summed E-state index contributed by atoms with van der Waals surface area (Å²) in [6.45, 7) is 3.21. The third-order valence-electron chi connectivity index (χ3n) is 2.98. The number of alkyl halides is 2. The van der Waals surface area contributed by atoms with Crippen LogP contribution in [0.4, 0.5) is 8.78 Å². The van der Waals surface area contributed by atoms with E-state index in [2.05, 4.69) is 0 Å². The van der Waals surface area contributed by atoms with Gasteiger partial charge in [-0.25, -0.2) is 4.79 Å². The van der Waals surface area contributed by atoms with E-state index in [0.29, 0.717) is 19.6 Å². The number of likely N-dealkylation sites (tertiary alicyclic amines) is 1. The lowest BCUT2D eigenvalue weighted by Gasteiger charge is -2.40. The van der Waals surface area contributed by atoms with Crippen LogP contribution in [-0.2, 0) is 4.79 Å². The summed E-state index contributed by atoms with van der Waals surface area (Å²) < 4.78 is 26.4. The highest BCUT2D eigenvalue weighted by Gasteiger charge is 2.59. The Labute approximate surface area is 86.5 Å². The zero-order valence-corrected chi connectivity index (χ0v) is 8.54. The van der Waals surface area contributed by atoms with E-state index in [-0.39, 0.29) is 12.8 Å². The lowest BCUT2D eigenvalue weighted by atomic mass is 9.85. The molecule has 1 fully saturated rings. The number of piperidine rings is 1. The van der Waals surface area contributed by atoms with Gasteiger partial charge in [0.15, 0.2) is 0 Å². The number of carboxylic acid groups (broad SMARTS) is 1. The van der Waals surface area contributed by atoms with Crippen molar-refractivity contribution in [3.8, 4) is 0 Å². The first-order valence-electron chi connectivity index (χ1n) is 4.89. The van der Waals surface area contributed by atoms with Gasteiger partial charge in [-0.3, -0.25) is 0 Å². The van der Waals surface area contributed by atoms with Gasteiger partial charge >= 0.3 is 11.9 Å². The van der Waals surface area contributed by atoms with Crippen LogP contribution in [0.25, 0.3) is 0 Å². The van der Waals surface area contributed by atoms with Crippen molar-refractivity contribution in [2.75, 3.05) is 19.6 Å². The Hall–Kier alpha value is -0.750. The van der Waals surface area contributed by atoms with Crippen LogP contribution in [0.2, 0.25) is 0 Å². The van der Waals surface area contributed by atoms with Crippen molar-refractivity contribution >= 4 is 5.97 Å². The van der Waals surface area contributed by atoms with Crippen molar-refractivity contribution < 1.29 is 23.8 Å². The van der Waals surface area contributed by atoms with E-state index in [1.165, 1.54) is 0 Å². The molecule has 0 unspecified atom stereocenters. The molecular formula is C9H15F2NO3. The van der Waals surface area contributed by atoms with Gasteiger partial charge in [0.25, 0.3) is 0 Å². The molecule has 0 spiro atoms. The number of aliphatic hydroxyl groups is 1. The number of hydrogen-bond acceptors (Lipinski definition) is 3. The van der Waals surface area contributed by atoms with Crippen molar-refractivity contribution in [2.24, 2.45) is 0 Å². The van der Waals surface area contributed by atoms with Gasteiger partial charge in [0.1, 0.15) is 5.60 Å². The first-order valence-corrected chi connectivity index (χ1v) is 4.89. The lowest BCUT2D eigenvalue weighted by Crippen LogP contribution is -2.58. The average molecular weight is 223 g/mol. The van der Waals surface area contributed by atoms with E-state index >= 15 is 0 Å². The molecule has 0 amide bonds. The number of halogens is 2. The van der Waals surface area contributed by atoms with Gasteiger partial charge in [0.2, 0.25) is 0 Å². The maximum absolute atomic E-state index is 13.2. The molecule has 6 heteroatoms. The first-order chi connectivity index (χ1) is 6.83. The molecule has 0 saturated carbocycles. The molecule has 0 bridgehead atoms. The quantitative estimate of drug-likeness (QED) is 0.733. The smallest absolute Gasteiger partial charge is 0.377 e. The Balaban J connectivity index is 2.74. The van der Waals surface area contributed by atoms with Crippen LogP contribution in [0.1, 0.15) is 19.8 Å². The zero-order chi connectivity index (χ0) is 11.7.